The average molecular weight is 497 g/mol. The van der Waals surface area contributed by atoms with Crippen LogP contribution in [0.1, 0.15) is 27.8 Å². The van der Waals surface area contributed by atoms with E-state index in [2.05, 4.69) is 32.4 Å². The second-order valence-corrected chi connectivity index (χ2v) is 8.96. The molecule has 3 aromatic carbocycles. The zero-order chi connectivity index (χ0) is 24.8. The maximum absolute atomic E-state index is 11.8. The number of benzene rings is 3. The molecule has 10 heteroatoms. The monoisotopic (exact) mass is 496 g/mol. The van der Waals surface area contributed by atoms with Gasteiger partial charge in [-0.1, -0.05) is 54.1 Å². The molecule has 178 valence electrons. The third-order valence-electron chi connectivity index (χ3n) is 6.31. The molecule has 0 radical (unpaired) electrons. The highest BCUT2D eigenvalue weighted by Gasteiger charge is 2.24. The van der Waals surface area contributed by atoms with Crippen LogP contribution < -0.4 is 11.5 Å². The van der Waals surface area contributed by atoms with Crippen LogP contribution in [0.25, 0.3) is 33.1 Å². The number of fused-ring (bicyclic) bond motifs is 2. The molecule has 6 rings (SSSR count). The minimum atomic E-state index is -0.498. The molecule has 36 heavy (non-hydrogen) atoms. The molecule has 0 bridgehead atoms. The first-order valence-corrected chi connectivity index (χ1v) is 11.7. The standard InChI is InChI=1S/C26H21ClN8O/c27-23-22(15-8-9-18-19(11-15)33-34-24(18)28)31-26(32-23)21(10-14-4-2-1-3-5-14)35-20-12-16(25(29)36)6-7-17(20)13-30-35/h1-9,11-13,21H,10H2,(H2,29,36)(H,31,32)(H3,28,33,34)/t21-/m0/s1. The van der Waals surface area contributed by atoms with Gasteiger partial charge in [-0.2, -0.15) is 10.2 Å². The molecule has 1 atom stereocenters. The molecule has 0 aliphatic heterocycles. The minimum Gasteiger partial charge on any atom is -0.382 e. The maximum atomic E-state index is 11.8. The van der Waals surface area contributed by atoms with Crippen LogP contribution in [0.2, 0.25) is 5.15 Å². The molecule has 3 heterocycles. The van der Waals surface area contributed by atoms with Crippen LogP contribution in [-0.2, 0) is 6.42 Å². The van der Waals surface area contributed by atoms with Crippen molar-refractivity contribution in [3.63, 3.8) is 0 Å². The van der Waals surface area contributed by atoms with Crippen molar-refractivity contribution in [1.82, 2.24) is 29.9 Å². The molecule has 6 N–H and O–H groups in total. The largest absolute Gasteiger partial charge is 0.382 e. The summed E-state index contributed by atoms with van der Waals surface area (Å²) < 4.78 is 1.85. The Morgan fingerprint density at radius 1 is 1.08 bits per heavy atom. The van der Waals surface area contributed by atoms with Crippen LogP contribution in [0.4, 0.5) is 5.82 Å². The number of carbonyl (C=O) groups excluding carboxylic acids is 1. The van der Waals surface area contributed by atoms with E-state index in [1.165, 1.54) is 0 Å². The average Bonchev–Trinajstić information content (AvgIpc) is 3.59. The maximum Gasteiger partial charge on any atom is 0.248 e. The molecule has 9 nitrogen and oxygen atoms in total. The molecule has 1 amide bonds. The summed E-state index contributed by atoms with van der Waals surface area (Å²) in [7, 11) is 0. The fourth-order valence-corrected chi connectivity index (χ4v) is 4.73. The Bertz CT molecular complexity index is 1730. The third kappa shape index (κ3) is 3.75. The van der Waals surface area contributed by atoms with E-state index in [-0.39, 0.29) is 6.04 Å². The number of hydrogen-bond acceptors (Lipinski definition) is 5. The highest BCUT2D eigenvalue weighted by Crippen LogP contribution is 2.33. The number of primary amides is 1. The lowest BCUT2D eigenvalue weighted by atomic mass is 10.0. The molecular weight excluding hydrogens is 476 g/mol. The van der Waals surface area contributed by atoms with E-state index in [0.717, 1.165) is 32.9 Å². The number of imidazole rings is 1. The van der Waals surface area contributed by atoms with Crippen molar-refractivity contribution in [3.05, 3.63) is 95.0 Å². The summed E-state index contributed by atoms with van der Waals surface area (Å²) in [6.07, 6.45) is 2.36. The van der Waals surface area contributed by atoms with Crippen molar-refractivity contribution in [2.45, 2.75) is 12.5 Å². The van der Waals surface area contributed by atoms with Gasteiger partial charge in [0.05, 0.1) is 17.2 Å². The molecule has 3 aromatic heterocycles. The summed E-state index contributed by atoms with van der Waals surface area (Å²) in [5, 5.41) is 13.8. The zero-order valence-corrected chi connectivity index (χ0v) is 19.7. The number of amides is 1. The molecule has 0 saturated heterocycles. The highest BCUT2D eigenvalue weighted by molar-refractivity contribution is 6.32. The topological polar surface area (TPSA) is 144 Å². The van der Waals surface area contributed by atoms with Gasteiger partial charge in [0.15, 0.2) is 5.82 Å². The Morgan fingerprint density at radius 3 is 2.72 bits per heavy atom. The van der Waals surface area contributed by atoms with Crippen molar-refractivity contribution in [1.29, 1.82) is 0 Å². The molecule has 0 unspecified atom stereocenters. The van der Waals surface area contributed by atoms with Crippen molar-refractivity contribution in [3.8, 4) is 11.3 Å². The predicted octanol–water partition coefficient (Wildman–Crippen LogP) is 4.47. The Labute approximate surface area is 210 Å². The van der Waals surface area contributed by atoms with Crippen LogP contribution in [0.5, 0.6) is 0 Å². The first kappa shape index (κ1) is 21.9. The van der Waals surface area contributed by atoms with E-state index in [9.17, 15) is 4.79 Å². The fourth-order valence-electron chi connectivity index (χ4n) is 4.48. The first-order valence-electron chi connectivity index (χ1n) is 11.3. The van der Waals surface area contributed by atoms with E-state index in [0.29, 0.717) is 34.5 Å². The van der Waals surface area contributed by atoms with Crippen molar-refractivity contribution < 1.29 is 4.79 Å². The van der Waals surface area contributed by atoms with E-state index in [1.807, 2.05) is 47.1 Å². The fraction of sp³-hybridized carbons (Fsp3) is 0.0769. The van der Waals surface area contributed by atoms with Crippen molar-refractivity contribution in [2.75, 3.05) is 5.73 Å². The van der Waals surface area contributed by atoms with Gasteiger partial charge < -0.3 is 16.5 Å². The van der Waals surface area contributed by atoms with Crippen molar-refractivity contribution in [2.24, 2.45) is 5.73 Å². The minimum absolute atomic E-state index is 0.328. The molecular formula is C26H21ClN8O. The number of H-pyrrole nitrogens is 2. The number of carbonyl (C=O) groups is 1. The first-order chi connectivity index (χ1) is 17.5. The summed E-state index contributed by atoms with van der Waals surface area (Å²) in [5.41, 5.74) is 16.0. The van der Waals surface area contributed by atoms with E-state index in [4.69, 9.17) is 28.1 Å². The van der Waals surface area contributed by atoms with Gasteiger partial charge in [-0.15, -0.1) is 0 Å². The summed E-state index contributed by atoms with van der Waals surface area (Å²) in [6, 6.07) is 20.7. The van der Waals surface area contributed by atoms with Gasteiger partial charge >= 0.3 is 0 Å². The number of halogens is 1. The second-order valence-electron chi connectivity index (χ2n) is 8.59. The van der Waals surface area contributed by atoms with Crippen LogP contribution in [0, 0.1) is 0 Å². The lowest BCUT2D eigenvalue weighted by Gasteiger charge is -2.17. The number of nitrogens with one attached hydrogen (secondary N) is 2. The number of nitrogens with zero attached hydrogens (tertiary/aromatic N) is 4. The summed E-state index contributed by atoms with van der Waals surface area (Å²) in [4.78, 5) is 20.0. The summed E-state index contributed by atoms with van der Waals surface area (Å²) in [5.74, 6) is 0.578. The smallest absolute Gasteiger partial charge is 0.248 e. The molecule has 0 spiro atoms. The Kier molecular flexibility index (Phi) is 5.19. The SMILES string of the molecule is NC(=O)c1ccc2cnn([C@@H](Cc3ccccc3)c3nc(-c4ccc5c(N)n[nH]c5c4)c(Cl)[nH]3)c2c1. The van der Waals surface area contributed by atoms with Crippen LogP contribution in [0.15, 0.2) is 72.9 Å². The highest BCUT2D eigenvalue weighted by atomic mass is 35.5. The lowest BCUT2D eigenvalue weighted by molar-refractivity contribution is 0.100. The zero-order valence-electron chi connectivity index (χ0n) is 18.9. The normalized spacial score (nSPS) is 12.4. The number of nitrogen functional groups attached to an aromatic ring is 1. The van der Waals surface area contributed by atoms with Gasteiger partial charge in [-0.05, 0) is 29.8 Å². The molecule has 0 saturated carbocycles. The van der Waals surface area contributed by atoms with Gasteiger partial charge in [0.25, 0.3) is 0 Å². The summed E-state index contributed by atoms with van der Waals surface area (Å²) >= 11 is 6.67. The van der Waals surface area contributed by atoms with Gasteiger partial charge in [0, 0.05) is 28.3 Å². The van der Waals surface area contributed by atoms with E-state index >= 15 is 0 Å². The number of nitrogens with two attached hydrogens (primary N) is 2. The number of aromatic nitrogens is 6. The predicted molar refractivity (Wildman–Crippen MR) is 140 cm³/mol. The van der Waals surface area contributed by atoms with Gasteiger partial charge in [0.2, 0.25) is 5.91 Å². The quantitative estimate of drug-likeness (QED) is 0.269. The van der Waals surface area contributed by atoms with E-state index < -0.39 is 5.91 Å². The second kappa shape index (κ2) is 8.54. The van der Waals surface area contributed by atoms with E-state index in [1.54, 1.807) is 18.3 Å². The number of rotatable bonds is 6. The van der Waals surface area contributed by atoms with Crippen LogP contribution in [0.3, 0.4) is 0 Å². The van der Waals surface area contributed by atoms with Gasteiger partial charge in [0.1, 0.15) is 22.7 Å². The summed E-state index contributed by atoms with van der Waals surface area (Å²) in [6.45, 7) is 0. The Hall–Kier alpha value is -4.63. The van der Waals surface area contributed by atoms with Crippen LogP contribution >= 0.6 is 11.6 Å². The van der Waals surface area contributed by atoms with Gasteiger partial charge in [-0.3, -0.25) is 14.6 Å². The van der Waals surface area contributed by atoms with Crippen LogP contribution in [-0.4, -0.2) is 35.9 Å². The molecule has 0 aliphatic rings. The number of aromatic amines is 2. The van der Waals surface area contributed by atoms with Gasteiger partial charge in [-0.25, -0.2) is 4.98 Å². The Morgan fingerprint density at radius 2 is 1.92 bits per heavy atom. The van der Waals surface area contributed by atoms with Crippen molar-refractivity contribution >= 4 is 45.1 Å². The number of anilines is 1. The third-order valence-corrected chi connectivity index (χ3v) is 6.58. The molecule has 6 aromatic rings. The lowest BCUT2D eigenvalue weighted by Crippen LogP contribution is -2.17. The Balaban J connectivity index is 1.48. The molecule has 0 aliphatic carbocycles. The number of hydrogen-bond donors (Lipinski definition) is 4. The molecule has 0 fully saturated rings.